The van der Waals surface area contributed by atoms with Crippen molar-refractivity contribution >= 4 is 11.9 Å². The molecule has 0 amide bonds. The maximum atomic E-state index is 11.9. The summed E-state index contributed by atoms with van der Waals surface area (Å²) in [4.78, 5) is 23.0. The molecule has 3 unspecified atom stereocenters. The van der Waals surface area contributed by atoms with E-state index in [0.717, 1.165) is 0 Å². The lowest BCUT2D eigenvalue weighted by molar-refractivity contribution is -0.149. The highest BCUT2D eigenvalue weighted by Gasteiger charge is 2.67. The van der Waals surface area contributed by atoms with Crippen LogP contribution in [0.3, 0.4) is 0 Å². The molecule has 0 aromatic rings. The molecule has 1 saturated carbocycles. The van der Waals surface area contributed by atoms with Gasteiger partial charge in [0.15, 0.2) is 0 Å². The van der Waals surface area contributed by atoms with Crippen LogP contribution in [-0.2, 0) is 19.1 Å². The molecule has 0 heterocycles. The average molecular weight is 265 g/mol. The first kappa shape index (κ1) is 15.2. The summed E-state index contributed by atoms with van der Waals surface area (Å²) in [6, 6.07) is 1.90. The van der Waals surface area contributed by atoms with Crippen LogP contribution in [0, 0.1) is 28.6 Å². The topological polar surface area (TPSA) is 76.4 Å². The first-order valence-corrected chi connectivity index (χ1v) is 6.20. The standard InChI is InChI=1S/C14H19NO4/c1-6-18-13(17)11-10(14(11,4)5)12(8(2)7-15)19-9(3)16/h10-12H,2,6H2,1,3-5H3. The van der Waals surface area contributed by atoms with E-state index in [1.54, 1.807) is 6.92 Å². The van der Waals surface area contributed by atoms with Crippen LogP contribution in [0.4, 0.5) is 0 Å². The van der Waals surface area contributed by atoms with E-state index in [2.05, 4.69) is 6.58 Å². The number of hydrogen-bond donors (Lipinski definition) is 0. The number of hydrogen-bond acceptors (Lipinski definition) is 5. The van der Waals surface area contributed by atoms with Crippen molar-refractivity contribution in [1.82, 2.24) is 0 Å². The Labute approximate surface area is 113 Å². The van der Waals surface area contributed by atoms with Gasteiger partial charge >= 0.3 is 11.9 Å². The first-order chi connectivity index (χ1) is 8.77. The Morgan fingerprint density at radius 3 is 2.47 bits per heavy atom. The van der Waals surface area contributed by atoms with E-state index in [1.807, 2.05) is 19.9 Å². The van der Waals surface area contributed by atoms with Crippen LogP contribution in [0.1, 0.15) is 27.7 Å². The molecule has 3 atom stereocenters. The minimum absolute atomic E-state index is 0.153. The monoisotopic (exact) mass is 265 g/mol. The third-order valence-electron chi connectivity index (χ3n) is 3.56. The molecule has 19 heavy (non-hydrogen) atoms. The van der Waals surface area contributed by atoms with Crippen LogP contribution < -0.4 is 0 Å². The number of rotatable bonds is 5. The van der Waals surface area contributed by atoms with Crippen LogP contribution in [0.15, 0.2) is 12.2 Å². The van der Waals surface area contributed by atoms with E-state index < -0.39 is 12.1 Å². The molecule has 1 rings (SSSR count). The van der Waals surface area contributed by atoms with Gasteiger partial charge < -0.3 is 9.47 Å². The van der Waals surface area contributed by atoms with Gasteiger partial charge in [0.2, 0.25) is 0 Å². The number of esters is 2. The largest absolute Gasteiger partial charge is 0.466 e. The van der Waals surface area contributed by atoms with Crippen molar-refractivity contribution < 1.29 is 19.1 Å². The summed E-state index contributed by atoms with van der Waals surface area (Å²) in [6.45, 7) is 10.7. The molecule has 0 aromatic heterocycles. The maximum absolute atomic E-state index is 11.9. The Morgan fingerprint density at radius 2 is 2.05 bits per heavy atom. The quantitative estimate of drug-likeness (QED) is 0.560. The summed E-state index contributed by atoms with van der Waals surface area (Å²) in [7, 11) is 0. The van der Waals surface area contributed by atoms with Gasteiger partial charge in [-0.15, -0.1) is 0 Å². The molecular formula is C14H19NO4. The van der Waals surface area contributed by atoms with E-state index in [9.17, 15) is 9.59 Å². The summed E-state index contributed by atoms with van der Waals surface area (Å²) in [5.74, 6) is -1.45. The smallest absolute Gasteiger partial charge is 0.309 e. The molecule has 0 bridgehead atoms. The number of ether oxygens (including phenoxy) is 2. The number of nitrogens with zero attached hydrogens (tertiary/aromatic N) is 1. The summed E-state index contributed by atoms with van der Waals surface area (Å²) < 4.78 is 10.2. The van der Waals surface area contributed by atoms with E-state index in [-0.39, 0.29) is 28.8 Å². The van der Waals surface area contributed by atoms with Gasteiger partial charge in [0.05, 0.1) is 24.2 Å². The first-order valence-electron chi connectivity index (χ1n) is 6.20. The molecule has 1 aliphatic rings. The number of carbonyl (C=O) groups is 2. The van der Waals surface area contributed by atoms with Crippen molar-refractivity contribution in [3.8, 4) is 6.07 Å². The minimum atomic E-state index is -0.757. The SMILES string of the molecule is C=C(C#N)C(OC(C)=O)C1C(C(=O)OCC)C1(C)C. The summed E-state index contributed by atoms with van der Waals surface area (Å²) in [6.07, 6.45) is -0.757. The van der Waals surface area contributed by atoms with Gasteiger partial charge in [0.1, 0.15) is 6.10 Å². The molecule has 1 fully saturated rings. The van der Waals surface area contributed by atoms with Crippen molar-refractivity contribution in [3.05, 3.63) is 12.2 Å². The number of nitriles is 1. The Hall–Kier alpha value is -1.83. The molecule has 0 aliphatic heterocycles. The number of carbonyl (C=O) groups excluding carboxylic acids is 2. The van der Waals surface area contributed by atoms with Gasteiger partial charge in [0, 0.05) is 12.8 Å². The van der Waals surface area contributed by atoms with Crippen LogP contribution in [0.5, 0.6) is 0 Å². The Morgan fingerprint density at radius 1 is 1.47 bits per heavy atom. The minimum Gasteiger partial charge on any atom is -0.466 e. The second kappa shape index (κ2) is 5.43. The highest BCUT2D eigenvalue weighted by molar-refractivity contribution is 5.78. The second-order valence-electron chi connectivity index (χ2n) is 5.24. The third kappa shape index (κ3) is 2.95. The molecule has 0 spiro atoms. The molecule has 1 aliphatic carbocycles. The van der Waals surface area contributed by atoms with Gasteiger partial charge in [-0.2, -0.15) is 5.26 Å². The highest BCUT2D eigenvalue weighted by atomic mass is 16.5. The van der Waals surface area contributed by atoms with Crippen molar-refractivity contribution in [1.29, 1.82) is 5.26 Å². The van der Waals surface area contributed by atoms with Gasteiger partial charge in [-0.3, -0.25) is 9.59 Å². The zero-order valence-corrected chi connectivity index (χ0v) is 11.7. The van der Waals surface area contributed by atoms with Crippen LogP contribution in [0.25, 0.3) is 0 Å². The lowest BCUT2D eigenvalue weighted by Gasteiger charge is -2.16. The maximum Gasteiger partial charge on any atom is 0.309 e. The zero-order valence-electron chi connectivity index (χ0n) is 11.7. The normalized spacial score (nSPS) is 24.8. The van der Waals surface area contributed by atoms with E-state index in [1.165, 1.54) is 6.92 Å². The molecule has 5 heteroatoms. The Balaban J connectivity index is 2.92. The van der Waals surface area contributed by atoms with Crippen LogP contribution >= 0.6 is 0 Å². The predicted octanol–water partition coefficient (Wildman–Crippen LogP) is 1.83. The lowest BCUT2D eigenvalue weighted by Crippen LogP contribution is -2.23. The highest BCUT2D eigenvalue weighted by Crippen LogP contribution is 2.61. The van der Waals surface area contributed by atoms with Crippen molar-refractivity contribution in [2.24, 2.45) is 17.3 Å². The third-order valence-corrected chi connectivity index (χ3v) is 3.56. The molecule has 0 saturated heterocycles. The van der Waals surface area contributed by atoms with Crippen molar-refractivity contribution in [3.63, 3.8) is 0 Å². The summed E-state index contributed by atoms with van der Waals surface area (Å²) in [5, 5.41) is 8.94. The summed E-state index contributed by atoms with van der Waals surface area (Å²) >= 11 is 0. The fourth-order valence-electron chi connectivity index (χ4n) is 2.53. The van der Waals surface area contributed by atoms with Crippen molar-refractivity contribution in [2.45, 2.75) is 33.8 Å². The molecule has 104 valence electrons. The second-order valence-corrected chi connectivity index (χ2v) is 5.24. The van der Waals surface area contributed by atoms with Crippen LogP contribution in [0.2, 0.25) is 0 Å². The van der Waals surface area contributed by atoms with Gasteiger partial charge in [-0.1, -0.05) is 20.4 Å². The fraction of sp³-hybridized carbons (Fsp3) is 0.643. The molecule has 0 aromatic carbocycles. The Bertz CT molecular complexity index is 447. The molecular weight excluding hydrogens is 246 g/mol. The fourth-order valence-corrected chi connectivity index (χ4v) is 2.53. The van der Waals surface area contributed by atoms with Crippen molar-refractivity contribution in [2.75, 3.05) is 6.61 Å². The van der Waals surface area contributed by atoms with E-state index in [4.69, 9.17) is 14.7 Å². The van der Waals surface area contributed by atoms with E-state index in [0.29, 0.717) is 6.61 Å². The molecule has 5 nitrogen and oxygen atoms in total. The molecule has 0 radical (unpaired) electrons. The Kier molecular flexibility index (Phi) is 4.35. The predicted molar refractivity (Wildman–Crippen MR) is 67.7 cm³/mol. The van der Waals surface area contributed by atoms with Gasteiger partial charge in [-0.05, 0) is 12.3 Å². The van der Waals surface area contributed by atoms with Gasteiger partial charge in [-0.25, -0.2) is 0 Å². The zero-order chi connectivity index (χ0) is 14.8. The summed E-state index contributed by atoms with van der Waals surface area (Å²) in [5.41, 5.74) is -0.216. The lowest BCUT2D eigenvalue weighted by atomic mass is 10.0. The van der Waals surface area contributed by atoms with E-state index >= 15 is 0 Å². The molecule has 0 N–H and O–H groups in total. The average Bonchev–Trinajstić information content (AvgIpc) is 2.88. The van der Waals surface area contributed by atoms with Crippen LogP contribution in [-0.4, -0.2) is 24.6 Å². The van der Waals surface area contributed by atoms with Gasteiger partial charge in [0.25, 0.3) is 0 Å².